The molecule has 0 saturated heterocycles. The highest BCUT2D eigenvalue weighted by molar-refractivity contribution is 9.11. The van der Waals surface area contributed by atoms with E-state index in [1.807, 2.05) is 12.1 Å². The van der Waals surface area contributed by atoms with Crippen LogP contribution in [0.3, 0.4) is 0 Å². The molecule has 1 aromatic rings. The van der Waals surface area contributed by atoms with Crippen LogP contribution >= 0.6 is 15.9 Å². The molecule has 1 unspecified atom stereocenters. The van der Waals surface area contributed by atoms with Gasteiger partial charge in [0, 0.05) is 11.5 Å². The van der Waals surface area contributed by atoms with Gasteiger partial charge in [0.05, 0.1) is 7.11 Å². The molecule has 0 amide bonds. The van der Waals surface area contributed by atoms with E-state index >= 15 is 0 Å². The molecule has 0 aromatic heterocycles. The number of allylic oxidation sites excluding steroid dienone is 2. The zero-order valence-electron chi connectivity index (χ0n) is 8.87. The van der Waals surface area contributed by atoms with Crippen molar-refractivity contribution in [2.24, 2.45) is 0 Å². The van der Waals surface area contributed by atoms with Gasteiger partial charge in [-0.05, 0) is 29.8 Å². The zero-order chi connectivity index (χ0) is 10.7. The second-order valence-electron chi connectivity index (χ2n) is 3.81. The molecular formula is C13H15BrO. The first kappa shape index (κ1) is 10.7. The molecule has 0 N–H and O–H groups in total. The minimum atomic E-state index is 0.481. The van der Waals surface area contributed by atoms with Gasteiger partial charge in [-0.1, -0.05) is 40.2 Å². The predicted molar refractivity (Wildman–Crippen MR) is 66.6 cm³/mol. The zero-order valence-corrected chi connectivity index (χ0v) is 10.5. The van der Waals surface area contributed by atoms with Gasteiger partial charge in [0.1, 0.15) is 5.75 Å². The van der Waals surface area contributed by atoms with Crippen LogP contribution in [0.15, 0.2) is 34.8 Å². The second-order valence-corrected chi connectivity index (χ2v) is 4.73. The van der Waals surface area contributed by atoms with Crippen LogP contribution in [0.25, 0.3) is 0 Å². The number of benzene rings is 1. The SMILES string of the molecule is COc1ccccc1C1CCCC=C1Br. The van der Waals surface area contributed by atoms with Crippen molar-refractivity contribution in [2.75, 3.05) is 7.11 Å². The number of rotatable bonds is 2. The van der Waals surface area contributed by atoms with Crippen LogP contribution in [0.4, 0.5) is 0 Å². The number of para-hydroxylation sites is 1. The topological polar surface area (TPSA) is 9.23 Å². The molecule has 0 fully saturated rings. The Labute approximate surface area is 99.3 Å². The van der Waals surface area contributed by atoms with Gasteiger partial charge in [0.25, 0.3) is 0 Å². The third-order valence-corrected chi connectivity index (χ3v) is 3.76. The predicted octanol–water partition coefficient (Wildman–Crippen LogP) is 4.24. The summed E-state index contributed by atoms with van der Waals surface area (Å²) in [6.07, 6.45) is 5.93. The Kier molecular flexibility index (Phi) is 3.47. The van der Waals surface area contributed by atoms with Gasteiger partial charge in [-0.2, -0.15) is 0 Å². The maximum absolute atomic E-state index is 5.40. The molecule has 1 nitrogen and oxygen atoms in total. The molecule has 15 heavy (non-hydrogen) atoms. The Morgan fingerprint density at radius 3 is 2.87 bits per heavy atom. The third-order valence-electron chi connectivity index (χ3n) is 2.88. The van der Waals surface area contributed by atoms with Gasteiger partial charge in [-0.3, -0.25) is 0 Å². The first-order valence-electron chi connectivity index (χ1n) is 5.31. The lowest BCUT2D eigenvalue weighted by Gasteiger charge is -2.22. The molecule has 1 atom stereocenters. The Balaban J connectivity index is 2.35. The highest BCUT2D eigenvalue weighted by Crippen LogP contribution is 2.40. The Bertz CT molecular complexity index is 371. The summed E-state index contributed by atoms with van der Waals surface area (Å²) >= 11 is 3.66. The summed E-state index contributed by atoms with van der Waals surface area (Å²) in [5, 5.41) is 0. The van der Waals surface area contributed by atoms with Crippen molar-refractivity contribution in [3.8, 4) is 5.75 Å². The van der Waals surface area contributed by atoms with Gasteiger partial charge < -0.3 is 4.74 Å². The standard InChI is InChI=1S/C13H15BrO/c1-15-13-9-5-3-7-11(13)10-6-2-4-8-12(10)14/h3,5,7-10H,2,4,6H2,1H3. The molecule has 80 valence electrons. The van der Waals surface area contributed by atoms with E-state index in [1.165, 1.54) is 29.3 Å². The molecule has 0 aliphatic heterocycles. The van der Waals surface area contributed by atoms with Crippen LogP contribution in [0, 0.1) is 0 Å². The smallest absolute Gasteiger partial charge is 0.122 e. The fraction of sp³-hybridized carbons (Fsp3) is 0.385. The first-order valence-corrected chi connectivity index (χ1v) is 6.10. The number of hydrogen-bond acceptors (Lipinski definition) is 1. The van der Waals surface area contributed by atoms with Crippen molar-refractivity contribution < 1.29 is 4.74 Å². The Morgan fingerprint density at radius 1 is 1.33 bits per heavy atom. The van der Waals surface area contributed by atoms with E-state index in [4.69, 9.17) is 4.74 Å². The van der Waals surface area contributed by atoms with E-state index < -0.39 is 0 Å². The molecule has 0 saturated carbocycles. The minimum Gasteiger partial charge on any atom is -0.496 e. The summed E-state index contributed by atoms with van der Waals surface area (Å²) in [5.41, 5.74) is 1.29. The molecule has 0 bridgehead atoms. The number of ether oxygens (including phenoxy) is 1. The number of hydrogen-bond donors (Lipinski definition) is 0. The Morgan fingerprint density at radius 2 is 2.13 bits per heavy atom. The number of halogens is 1. The average Bonchev–Trinajstić information content (AvgIpc) is 2.30. The van der Waals surface area contributed by atoms with E-state index in [9.17, 15) is 0 Å². The van der Waals surface area contributed by atoms with Crippen LogP contribution in [-0.2, 0) is 0 Å². The molecule has 1 aliphatic rings. The maximum atomic E-state index is 5.40. The molecular weight excluding hydrogens is 252 g/mol. The fourth-order valence-corrected chi connectivity index (χ4v) is 2.80. The summed E-state index contributed by atoms with van der Waals surface area (Å²) in [4.78, 5) is 0. The molecule has 2 rings (SSSR count). The summed E-state index contributed by atoms with van der Waals surface area (Å²) in [5.74, 6) is 1.48. The highest BCUT2D eigenvalue weighted by Gasteiger charge is 2.20. The van der Waals surface area contributed by atoms with Crippen molar-refractivity contribution in [1.82, 2.24) is 0 Å². The molecule has 2 heteroatoms. The van der Waals surface area contributed by atoms with Gasteiger partial charge in [-0.25, -0.2) is 0 Å². The van der Waals surface area contributed by atoms with E-state index in [1.54, 1.807) is 7.11 Å². The van der Waals surface area contributed by atoms with Gasteiger partial charge >= 0.3 is 0 Å². The average molecular weight is 267 g/mol. The molecule has 1 aliphatic carbocycles. The molecule has 0 spiro atoms. The maximum Gasteiger partial charge on any atom is 0.122 e. The van der Waals surface area contributed by atoms with Crippen molar-refractivity contribution in [1.29, 1.82) is 0 Å². The van der Waals surface area contributed by atoms with Crippen LogP contribution in [-0.4, -0.2) is 7.11 Å². The van der Waals surface area contributed by atoms with E-state index in [2.05, 4.69) is 34.1 Å². The van der Waals surface area contributed by atoms with Gasteiger partial charge in [-0.15, -0.1) is 0 Å². The van der Waals surface area contributed by atoms with Crippen molar-refractivity contribution >= 4 is 15.9 Å². The summed E-state index contributed by atoms with van der Waals surface area (Å²) in [6.45, 7) is 0. The quantitative estimate of drug-likeness (QED) is 0.778. The van der Waals surface area contributed by atoms with Crippen molar-refractivity contribution in [3.05, 3.63) is 40.4 Å². The third kappa shape index (κ3) is 2.25. The van der Waals surface area contributed by atoms with Crippen molar-refractivity contribution in [2.45, 2.75) is 25.2 Å². The second kappa shape index (κ2) is 4.84. The molecule has 1 aromatic carbocycles. The summed E-state index contributed by atoms with van der Waals surface area (Å²) in [6, 6.07) is 8.28. The van der Waals surface area contributed by atoms with Gasteiger partial charge in [0.15, 0.2) is 0 Å². The van der Waals surface area contributed by atoms with Crippen LogP contribution in [0.5, 0.6) is 5.75 Å². The lowest BCUT2D eigenvalue weighted by molar-refractivity contribution is 0.406. The highest BCUT2D eigenvalue weighted by atomic mass is 79.9. The fourth-order valence-electron chi connectivity index (χ4n) is 2.10. The summed E-state index contributed by atoms with van der Waals surface area (Å²) in [7, 11) is 1.74. The van der Waals surface area contributed by atoms with E-state index in [0.29, 0.717) is 5.92 Å². The van der Waals surface area contributed by atoms with Crippen LogP contribution in [0.2, 0.25) is 0 Å². The van der Waals surface area contributed by atoms with Crippen molar-refractivity contribution in [3.63, 3.8) is 0 Å². The Hall–Kier alpha value is -0.760. The lowest BCUT2D eigenvalue weighted by Crippen LogP contribution is -2.05. The van der Waals surface area contributed by atoms with E-state index in [-0.39, 0.29) is 0 Å². The first-order chi connectivity index (χ1) is 7.33. The summed E-state index contributed by atoms with van der Waals surface area (Å²) < 4.78 is 6.70. The van der Waals surface area contributed by atoms with Crippen LogP contribution < -0.4 is 4.74 Å². The van der Waals surface area contributed by atoms with Crippen LogP contribution in [0.1, 0.15) is 30.7 Å². The molecule has 0 heterocycles. The van der Waals surface area contributed by atoms with Gasteiger partial charge in [0.2, 0.25) is 0 Å². The number of methoxy groups -OCH3 is 1. The monoisotopic (exact) mass is 266 g/mol. The largest absolute Gasteiger partial charge is 0.496 e. The molecule has 0 radical (unpaired) electrons. The minimum absolute atomic E-state index is 0.481. The normalized spacial score (nSPS) is 20.9. The van der Waals surface area contributed by atoms with E-state index in [0.717, 1.165) is 5.75 Å². The lowest BCUT2D eigenvalue weighted by atomic mass is 9.89.